The highest BCUT2D eigenvalue weighted by Crippen LogP contribution is 2.26. The topological polar surface area (TPSA) is 81.4 Å². The van der Waals surface area contributed by atoms with Gasteiger partial charge in [-0.3, -0.25) is 9.78 Å². The van der Waals surface area contributed by atoms with Crippen LogP contribution < -0.4 is 4.74 Å². The molecule has 0 bridgehead atoms. The molecule has 1 amide bonds. The van der Waals surface area contributed by atoms with Gasteiger partial charge in [0.2, 0.25) is 0 Å². The van der Waals surface area contributed by atoms with Gasteiger partial charge in [0.25, 0.3) is 11.8 Å². The number of para-hydroxylation sites is 1. The quantitative estimate of drug-likeness (QED) is 0.692. The summed E-state index contributed by atoms with van der Waals surface area (Å²) >= 11 is 0. The summed E-state index contributed by atoms with van der Waals surface area (Å²) in [6, 6.07) is 11.4. The fourth-order valence-corrected chi connectivity index (χ4v) is 2.93. The average Bonchev–Trinajstić information content (AvgIpc) is 3.09. The molecule has 0 unspecified atom stereocenters. The zero-order chi connectivity index (χ0) is 18.8. The largest absolute Gasteiger partial charge is 0.483 e. The summed E-state index contributed by atoms with van der Waals surface area (Å²) in [5.41, 5.74) is 2.54. The van der Waals surface area contributed by atoms with Crippen molar-refractivity contribution in [3.8, 4) is 5.75 Å². The van der Waals surface area contributed by atoms with Gasteiger partial charge in [0.15, 0.2) is 12.4 Å². The fourth-order valence-electron chi connectivity index (χ4n) is 2.93. The normalized spacial score (nSPS) is 14.1. The first-order chi connectivity index (χ1) is 13.1. The van der Waals surface area contributed by atoms with Crippen LogP contribution in [0.3, 0.4) is 0 Å². The Morgan fingerprint density at radius 2 is 2.04 bits per heavy atom. The molecular weight excluding hydrogens is 344 g/mol. The fraction of sp³-hybridized carbons (Fsp3) is 0.300. The summed E-state index contributed by atoms with van der Waals surface area (Å²) in [6.07, 6.45) is 1.61. The predicted molar refractivity (Wildman–Crippen MR) is 97.4 cm³/mol. The van der Waals surface area contributed by atoms with Gasteiger partial charge >= 0.3 is 0 Å². The van der Waals surface area contributed by atoms with Crippen molar-refractivity contribution in [2.75, 3.05) is 13.1 Å². The van der Waals surface area contributed by atoms with Crippen LogP contribution in [0.25, 0.3) is 0 Å². The molecule has 27 heavy (non-hydrogen) atoms. The van der Waals surface area contributed by atoms with Crippen LogP contribution in [0.5, 0.6) is 5.75 Å². The number of carbonyl (C=O) groups excluding carboxylic acids is 1. The molecule has 1 saturated heterocycles. The minimum absolute atomic E-state index is 0.0228. The molecule has 2 aromatic heterocycles. The number of benzene rings is 1. The average molecular weight is 364 g/mol. The van der Waals surface area contributed by atoms with Crippen molar-refractivity contribution >= 4 is 5.91 Å². The molecule has 7 heteroatoms. The number of likely N-dealkylation sites (tertiary alicyclic amines) is 1. The second kappa shape index (κ2) is 7.19. The Labute approximate surface area is 157 Å². The highest BCUT2D eigenvalue weighted by atomic mass is 16.5. The van der Waals surface area contributed by atoms with E-state index in [1.54, 1.807) is 17.2 Å². The third kappa shape index (κ3) is 3.67. The Morgan fingerprint density at radius 1 is 1.22 bits per heavy atom. The lowest BCUT2D eigenvalue weighted by molar-refractivity contribution is 0.0592. The smallest absolute Gasteiger partial charge is 0.264 e. The summed E-state index contributed by atoms with van der Waals surface area (Å²) in [5.74, 6) is 1.91. The van der Waals surface area contributed by atoms with Gasteiger partial charge in [-0.15, -0.1) is 0 Å². The Bertz CT molecular complexity index is 946. The lowest BCUT2D eigenvalue weighted by atomic mass is 9.98. The number of ether oxygens (including phenoxy) is 1. The lowest BCUT2D eigenvalue weighted by Gasteiger charge is -2.37. The van der Waals surface area contributed by atoms with Gasteiger partial charge in [-0.25, -0.2) is 0 Å². The minimum atomic E-state index is -0.0228. The maximum Gasteiger partial charge on any atom is 0.264 e. The summed E-state index contributed by atoms with van der Waals surface area (Å²) in [4.78, 5) is 22.7. The number of pyridine rings is 1. The van der Waals surface area contributed by atoms with E-state index in [0.29, 0.717) is 30.4 Å². The van der Waals surface area contributed by atoms with Gasteiger partial charge < -0.3 is 14.2 Å². The predicted octanol–water partition coefficient (Wildman–Crippen LogP) is 2.90. The van der Waals surface area contributed by atoms with E-state index in [2.05, 4.69) is 15.1 Å². The van der Waals surface area contributed by atoms with Crippen LogP contribution in [0.2, 0.25) is 0 Å². The van der Waals surface area contributed by atoms with E-state index in [1.807, 2.05) is 44.2 Å². The first-order valence-corrected chi connectivity index (χ1v) is 8.83. The van der Waals surface area contributed by atoms with Crippen molar-refractivity contribution in [3.63, 3.8) is 0 Å². The zero-order valence-electron chi connectivity index (χ0n) is 15.3. The van der Waals surface area contributed by atoms with Crippen molar-refractivity contribution < 1.29 is 14.1 Å². The Hall–Kier alpha value is -3.22. The molecule has 0 saturated carbocycles. The van der Waals surface area contributed by atoms with E-state index < -0.39 is 0 Å². The maximum atomic E-state index is 12.4. The molecule has 1 aliphatic rings. The van der Waals surface area contributed by atoms with Crippen molar-refractivity contribution in [2.24, 2.45) is 0 Å². The number of rotatable bonds is 5. The molecule has 7 nitrogen and oxygen atoms in total. The zero-order valence-corrected chi connectivity index (χ0v) is 15.3. The third-order valence-corrected chi connectivity index (χ3v) is 4.62. The van der Waals surface area contributed by atoms with E-state index in [4.69, 9.17) is 9.26 Å². The highest BCUT2D eigenvalue weighted by molar-refractivity contribution is 5.94. The van der Waals surface area contributed by atoms with Crippen molar-refractivity contribution in [1.29, 1.82) is 0 Å². The summed E-state index contributed by atoms with van der Waals surface area (Å²) in [6.45, 7) is 5.25. The lowest BCUT2D eigenvalue weighted by Crippen LogP contribution is -2.48. The standard InChI is InChI=1S/C20H20N4O3/c1-13-5-3-4-6-17(13)26-12-18-22-19(23-27-18)16-10-24(11-16)20(25)15-8-7-14(2)21-9-15/h3-9,16H,10-12H2,1-2H3. The molecule has 3 heterocycles. The van der Waals surface area contributed by atoms with Crippen LogP contribution >= 0.6 is 0 Å². The van der Waals surface area contributed by atoms with Crippen molar-refractivity contribution in [3.05, 3.63) is 71.1 Å². The molecular formula is C20H20N4O3. The third-order valence-electron chi connectivity index (χ3n) is 4.62. The van der Waals surface area contributed by atoms with Gasteiger partial charge in [0, 0.05) is 25.0 Å². The molecule has 1 aromatic carbocycles. The first-order valence-electron chi connectivity index (χ1n) is 8.83. The first kappa shape index (κ1) is 17.2. The number of carbonyl (C=O) groups is 1. The highest BCUT2D eigenvalue weighted by Gasteiger charge is 2.35. The van der Waals surface area contributed by atoms with Crippen LogP contribution in [0, 0.1) is 13.8 Å². The summed E-state index contributed by atoms with van der Waals surface area (Å²) < 4.78 is 11.0. The van der Waals surface area contributed by atoms with Crippen LogP contribution in [0.15, 0.2) is 47.1 Å². The molecule has 0 atom stereocenters. The van der Waals surface area contributed by atoms with Gasteiger partial charge in [-0.1, -0.05) is 23.4 Å². The minimum Gasteiger partial charge on any atom is -0.483 e. The van der Waals surface area contributed by atoms with E-state index in [1.165, 1.54) is 0 Å². The number of hydrogen-bond donors (Lipinski definition) is 0. The molecule has 0 spiro atoms. The number of aryl methyl sites for hydroxylation is 2. The number of nitrogens with zero attached hydrogens (tertiary/aromatic N) is 4. The molecule has 0 N–H and O–H groups in total. The summed E-state index contributed by atoms with van der Waals surface area (Å²) in [7, 11) is 0. The van der Waals surface area contributed by atoms with Gasteiger partial charge in [0.1, 0.15) is 5.75 Å². The molecule has 138 valence electrons. The molecule has 4 rings (SSSR count). The van der Waals surface area contributed by atoms with E-state index in [9.17, 15) is 4.79 Å². The van der Waals surface area contributed by atoms with Crippen LogP contribution in [-0.4, -0.2) is 39.0 Å². The van der Waals surface area contributed by atoms with E-state index in [0.717, 1.165) is 17.0 Å². The molecule has 1 aliphatic heterocycles. The van der Waals surface area contributed by atoms with E-state index >= 15 is 0 Å². The van der Waals surface area contributed by atoms with Gasteiger partial charge in [-0.05, 0) is 37.6 Å². The SMILES string of the molecule is Cc1ccc(C(=O)N2CC(c3noc(COc4ccccc4C)n3)C2)cn1. The number of hydrogen-bond acceptors (Lipinski definition) is 6. The molecule has 0 radical (unpaired) electrons. The number of amides is 1. The van der Waals surface area contributed by atoms with Gasteiger partial charge in [0.05, 0.1) is 11.5 Å². The molecule has 0 aliphatic carbocycles. The van der Waals surface area contributed by atoms with Crippen molar-refractivity contribution in [1.82, 2.24) is 20.0 Å². The summed E-state index contributed by atoms with van der Waals surface area (Å²) in [5, 5.41) is 4.03. The Kier molecular flexibility index (Phi) is 4.58. The number of aromatic nitrogens is 3. The van der Waals surface area contributed by atoms with Crippen molar-refractivity contribution in [2.45, 2.75) is 26.4 Å². The Morgan fingerprint density at radius 3 is 2.78 bits per heavy atom. The van der Waals surface area contributed by atoms with Crippen LogP contribution in [-0.2, 0) is 6.61 Å². The maximum absolute atomic E-state index is 12.4. The van der Waals surface area contributed by atoms with E-state index in [-0.39, 0.29) is 18.4 Å². The van der Waals surface area contributed by atoms with Gasteiger partial charge in [-0.2, -0.15) is 4.98 Å². The monoisotopic (exact) mass is 364 g/mol. The molecule has 1 fully saturated rings. The van der Waals surface area contributed by atoms with Crippen LogP contribution in [0.4, 0.5) is 0 Å². The Balaban J connectivity index is 1.32. The van der Waals surface area contributed by atoms with Crippen LogP contribution in [0.1, 0.15) is 39.2 Å². The second-order valence-corrected chi connectivity index (χ2v) is 6.70. The molecule has 3 aromatic rings. The second-order valence-electron chi connectivity index (χ2n) is 6.70.